The highest BCUT2D eigenvalue weighted by Gasteiger charge is 2.11. The van der Waals surface area contributed by atoms with Crippen LogP contribution in [0.5, 0.6) is 5.75 Å². The summed E-state index contributed by atoms with van der Waals surface area (Å²) in [5, 5.41) is 0.746. The van der Waals surface area contributed by atoms with Crippen LogP contribution in [0.1, 0.15) is 18.9 Å². The van der Waals surface area contributed by atoms with E-state index in [2.05, 4.69) is 13.2 Å². The van der Waals surface area contributed by atoms with Crippen molar-refractivity contribution < 1.29 is 4.74 Å². The van der Waals surface area contributed by atoms with E-state index in [0.717, 1.165) is 34.9 Å². The molecule has 17 heavy (non-hydrogen) atoms. The molecule has 4 heteroatoms. The SMILES string of the molecule is CCC(N)Cc1c(Cl)cccc1OCCSC. The van der Waals surface area contributed by atoms with Gasteiger partial charge in [-0.15, -0.1) is 0 Å². The third kappa shape index (κ3) is 4.78. The van der Waals surface area contributed by atoms with Gasteiger partial charge in [0.15, 0.2) is 0 Å². The molecular weight excluding hydrogens is 254 g/mol. The van der Waals surface area contributed by atoms with Crippen molar-refractivity contribution in [3.8, 4) is 5.75 Å². The molecule has 2 nitrogen and oxygen atoms in total. The van der Waals surface area contributed by atoms with Crippen LogP contribution in [0.15, 0.2) is 18.2 Å². The summed E-state index contributed by atoms with van der Waals surface area (Å²) in [6.07, 6.45) is 3.77. The number of thioether (sulfide) groups is 1. The van der Waals surface area contributed by atoms with Gasteiger partial charge in [-0.2, -0.15) is 11.8 Å². The number of nitrogens with two attached hydrogens (primary N) is 1. The highest BCUT2D eigenvalue weighted by atomic mass is 35.5. The molecule has 1 atom stereocenters. The zero-order chi connectivity index (χ0) is 12.7. The molecular formula is C13H20ClNOS. The summed E-state index contributed by atoms with van der Waals surface area (Å²) in [4.78, 5) is 0. The van der Waals surface area contributed by atoms with E-state index in [1.165, 1.54) is 0 Å². The smallest absolute Gasteiger partial charge is 0.124 e. The molecule has 0 amide bonds. The van der Waals surface area contributed by atoms with Crippen LogP contribution in [-0.2, 0) is 6.42 Å². The average Bonchev–Trinajstić information content (AvgIpc) is 2.33. The summed E-state index contributed by atoms with van der Waals surface area (Å²) in [6, 6.07) is 5.90. The molecule has 0 saturated carbocycles. The highest BCUT2D eigenvalue weighted by molar-refractivity contribution is 7.98. The Morgan fingerprint density at radius 2 is 2.24 bits per heavy atom. The molecule has 0 aromatic heterocycles. The van der Waals surface area contributed by atoms with Crippen molar-refractivity contribution in [3.63, 3.8) is 0 Å². The summed E-state index contributed by atoms with van der Waals surface area (Å²) >= 11 is 7.97. The molecule has 0 saturated heterocycles. The molecule has 1 rings (SSSR count). The van der Waals surface area contributed by atoms with Crippen LogP contribution in [0, 0.1) is 0 Å². The van der Waals surface area contributed by atoms with E-state index in [1.54, 1.807) is 11.8 Å². The molecule has 0 aliphatic heterocycles. The molecule has 96 valence electrons. The molecule has 1 aromatic rings. The van der Waals surface area contributed by atoms with E-state index < -0.39 is 0 Å². The van der Waals surface area contributed by atoms with Crippen LogP contribution in [0.25, 0.3) is 0 Å². The fourth-order valence-corrected chi connectivity index (χ4v) is 2.01. The van der Waals surface area contributed by atoms with Gasteiger partial charge in [0, 0.05) is 22.4 Å². The zero-order valence-electron chi connectivity index (χ0n) is 10.4. The Bertz CT molecular complexity index is 346. The van der Waals surface area contributed by atoms with Crippen LogP contribution in [0.4, 0.5) is 0 Å². The Balaban J connectivity index is 2.76. The van der Waals surface area contributed by atoms with E-state index in [-0.39, 0.29) is 6.04 Å². The number of rotatable bonds is 7. The minimum atomic E-state index is 0.137. The Morgan fingerprint density at radius 3 is 2.88 bits per heavy atom. The summed E-state index contributed by atoms with van der Waals surface area (Å²) in [7, 11) is 0. The van der Waals surface area contributed by atoms with E-state index in [0.29, 0.717) is 6.61 Å². The van der Waals surface area contributed by atoms with Crippen molar-refractivity contribution in [2.75, 3.05) is 18.6 Å². The second-order valence-corrected chi connectivity index (χ2v) is 5.32. The van der Waals surface area contributed by atoms with Crippen LogP contribution in [0.3, 0.4) is 0 Å². The van der Waals surface area contributed by atoms with Gasteiger partial charge < -0.3 is 10.5 Å². The van der Waals surface area contributed by atoms with Crippen LogP contribution < -0.4 is 10.5 Å². The van der Waals surface area contributed by atoms with Crippen LogP contribution >= 0.6 is 23.4 Å². The van der Waals surface area contributed by atoms with Gasteiger partial charge in [-0.3, -0.25) is 0 Å². The third-order valence-electron chi connectivity index (χ3n) is 2.61. The predicted molar refractivity (Wildman–Crippen MR) is 77.3 cm³/mol. The number of ether oxygens (including phenoxy) is 1. The molecule has 0 radical (unpaired) electrons. The normalized spacial score (nSPS) is 12.5. The summed E-state index contributed by atoms with van der Waals surface area (Å²) in [5.74, 6) is 1.85. The Labute approximate surface area is 113 Å². The first kappa shape index (κ1) is 14.7. The van der Waals surface area contributed by atoms with E-state index >= 15 is 0 Å². The Morgan fingerprint density at radius 1 is 1.47 bits per heavy atom. The molecule has 0 aliphatic carbocycles. The van der Waals surface area contributed by atoms with Gasteiger partial charge in [0.25, 0.3) is 0 Å². The van der Waals surface area contributed by atoms with Crippen molar-refractivity contribution in [3.05, 3.63) is 28.8 Å². The molecule has 1 unspecified atom stereocenters. The standard InChI is InChI=1S/C13H20ClNOS/c1-3-10(15)9-11-12(14)5-4-6-13(11)16-7-8-17-2/h4-6,10H,3,7-9,15H2,1-2H3. The summed E-state index contributed by atoms with van der Waals surface area (Å²) in [6.45, 7) is 2.78. The number of halogens is 1. The van der Waals surface area contributed by atoms with Gasteiger partial charge in [-0.25, -0.2) is 0 Å². The second kappa shape index (κ2) is 7.85. The predicted octanol–water partition coefficient (Wildman–Crippen LogP) is 3.36. The third-order valence-corrected chi connectivity index (χ3v) is 3.54. The monoisotopic (exact) mass is 273 g/mol. The van der Waals surface area contributed by atoms with Gasteiger partial charge in [0.05, 0.1) is 6.61 Å². The fraction of sp³-hybridized carbons (Fsp3) is 0.538. The molecule has 2 N–H and O–H groups in total. The number of benzene rings is 1. The van der Waals surface area contributed by atoms with E-state index in [9.17, 15) is 0 Å². The van der Waals surface area contributed by atoms with Gasteiger partial charge >= 0.3 is 0 Å². The lowest BCUT2D eigenvalue weighted by Gasteiger charge is -2.15. The second-order valence-electron chi connectivity index (χ2n) is 3.93. The average molecular weight is 274 g/mol. The molecule has 0 heterocycles. The van der Waals surface area contributed by atoms with Crippen molar-refractivity contribution in [2.24, 2.45) is 5.73 Å². The first-order chi connectivity index (χ1) is 8.19. The Hall–Kier alpha value is -0.380. The van der Waals surface area contributed by atoms with Crippen molar-refractivity contribution >= 4 is 23.4 Å². The molecule has 0 fully saturated rings. The zero-order valence-corrected chi connectivity index (χ0v) is 12.0. The van der Waals surface area contributed by atoms with E-state index in [1.807, 2.05) is 18.2 Å². The summed E-state index contributed by atoms with van der Waals surface area (Å²) in [5.41, 5.74) is 7.01. The lowest BCUT2D eigenvalue weighted by Crippen LogP contribution is -2.22. The number of hydrogen-bond acceptors (Lipinski definition) is 3. The summed E-state index contributed by atoms with van der Waals surface area (Å²) < 4.78 is 5.74. The first-order valence-electron chi connectivity index (χ1n) is 5.83. The van der Waals surface area contributed by atoms with Crippen molar-refractivity contribution in [2.45, 2.75) is 25.8 Å². The highest BCUT2D eigenvalue weighted by Crippen LogP contribution is 2.28. The molecule has 0 spiro atoms. The lowest BCUT2D eigenvalue weighted by atomic mass is 10.0. The topological polar surface area (TPSA) is 35.2 Å². The number of hydrogen-bond donors (Lipinski definition) is 1. The fourth-order valence-electron chi connectivity index (χ4n) is 1.51. The maximum Gasteiger partial charge on any atom is 0.124 e. The van der Waals surface area contributed by atoms with Gasteiger partial charge in [-0.1, -0.05) is 24.6 Å². The quantitative estimate of drug-likeness (QED) is 0.774. The minimum absolute atomic E-state index is 0.137. The molecule has 0 aliphatic rings. The van der Waals surface area contributed by atoms with E-state index in [4.69, 9.17) is 22.1 Å². The van der Waals surface area contributed by atoms with Crippen molar-refractivity contribution in [1.29, 1.82) is 0 Å². The first-order valence-corrected chi connectivity index (χ1v) is 7.61. The largest absolute Gasteiger partial charge is 0.492 e. The van der Waals surface area contributed by atoms with Crippen LogP contribution in [-0.4, -0.2) is 24.7 Å². The minimum Gasteiger partial charge on any atom is -0.492 e. The lowest BCUT2D eigenvalue weighted by molar-refractivity contribution is 0.339. The van der Waals surface area contributed by atoms with Crippen LogP contribution in [0.2, 0.25) is 5.02 Å². The van der Waals surface area contributed by atoms with Gasteiger partial charge in [0.2, 0.25) is 0 Å². The molecule has 1 aromatic carbocycles. The maximum absolute atomic E-state index is 6.20. The molecule has 0 bridgehead atoms. The van der Waals surface area contributed by atoms with Crippen molar-refractivity contribution in [1.82, 2.24) is 0 Å². The van der Waals surface area contributed by atoms with Gasteiger partial charge in [-0.05, 0) is 31.2 Å². The van der Waals surface area contributed by atoms with Gasteiger partial charge in [0.1, 0.15) is 5.75 Å². The maximum atomic E-state index is 6.20. The Kier molecular flexibility index (Phi) is 6.78.